The molecule has 0 unspecified atom stereocenters. The monoisotopic (exact) mass is 684 g/mol. The van der Waals surface area contributed by atoms with Crippen molar-refractivity contribution >= 4 is 41.4 Å². The van der Waals surface area contributed by atoms with Crippen molar-refractivity contribution < 1.29 is 52.5 Å². The Labute approximate surface area is 281 Å². The van der Waals surface area contributed by atoms with Crippen LogP contribution in [0.1, 0.15) is 46.0 Å². The van der Waals surface area contributed by atoms with E-state index in [0.29, 0.717) is 59.0 Å². The number of hydrogen-bond donors (Lipinski definition) is 5. The molecule has 48 heavy (non-hydrogen) atoms. The van der Waals surface area contributed by atoms with Crippen molar-refractivity contribution in [2.75, 3.05) is 79.5 Å². The molecule has 0 radical (unpaired) electrons. The van der Waals surface area contributed by atoms with E-state index < -0.39 is 29.8 Å². The zero-order valence-corrected chi connectivity index (χ0v) is 28.2. The number of primary amides is 1. The van der Waals surface area contributed by atoms with E-state index in [1.54, 1.807) is 0 Å². The highest BCUT2D eigenvalue weighted by molar-refractivity contribution is 6.13. The minimum atomic E-state index is -0.751. The van der Waals surface area contributed by atoms with Crippen LogP contribution in [0.3, 0.4) is 0 Å². The second-order valence-corrected chi connectivity index (χ2v) is 11.2. The van der Waals surface area contributed by atoms with Crippen molar-refractivity contribution in [3.63, 3.8) is 0 Å². The smallest absolute Gasteiger partial charge is 0.312 e. The second-order valence-electron chi connectivity index (χ2n) is 11.2. The fourth-order valence-corrected chi connectivity index (χ4v) is 4.47. The van der Waals surface area contributed by atoms with Crippen molar-refractivity contribution in [1.29, 1.82) is 0 Å². The van der Waals surface area contributed by atoms with Crippen LogP contribution in [0.5, 0.6) is 0 Å². The molecule has 0 spiro atoms. The van der Waals surface area contributed by atoms with Crippen LogP contribution in [-0.2, 0) is 47.7 Å². The summed E-state index contributed by atoms with van der Waals surface area (Å²) in [7, 11) is 1.49. The third-order valence-corrected chi connectivity index (χ3v) is 7.04. The first-order chi connectivity index (χ1) is 23.0. The van der Waals surface area contributed by atoms with Gasteiger partial charge in [-0.25, -0.2) is 4.79 Å². The summed E-state index contributed by atoms with van der Waals surface area (Å²) in [5.74, 6) is -2.77. The van der Waals surface area contributed by atoms with Crippen LogP contribution in [0.15, 0.2) is 12.2 Å². The summed E-state index contributed by atoms with van der Waals surface area (Å²) in [6, 6.07) is -1.41. The maximum atomic E-state index is 13.0. The molecule has 272 valence electrons. The predicted octanol–water partition coefficient (Wildman–Crippen LogP) is -1.22. The molecule has 1 aliphatic rings. The number of hydrogen-bond acceptors (Lipinski definition) is 11. The van der Waals surface area contributed by atoms with E-state index in [1.807, 2.05) is 13.8 Å². The average molecular weight is 685 g/mol. The van der Waals surface area contributed by atoms with E-state index in [4.69, 9.17) is 24.7 Å². The number of carbonyl (C=O) groups is 7. The van der Waals surface area contributed by atoms with Gasteiger partial charge in [0.1, 0.15) is 0 Å². The van der Waals surface area contributed by atoms with E-state index in [-0.39, 0.29) is 75.1 Å². The van der Waals surface area contributed by atoms with E-state index in [1.165, 1.54) is 19.2 Å². The van der Waals surface area contributed by atoms with E-state index in [9.17, 15) is 33.6 Å². The SMILES string of the molecule is CNC(=O)[C@H](CCCNC(N)=O)CC(=O)[C@@H](NC(=O)CCOCCOCCOCCOCCNC(=O)CCN1C(=O)C=CC1=O)C(C)C. The van der Waals surface area contributed by atoms with Gasteiger partial charge in [-0.05, 0) is 18.8 Å². The number of ether oxygens (including phenoxy) is 4. The summed E-state index contributed by atoms with van der Waals surface area (Å²) in [4.78, 5) is 84.4. The zero-order valence-electron chi connectivity index (χ0n) is 28.2. The topological polar surface area (TPSA) is 234 Å². The molecule has 1 aliphatic heterocycles. The maximum Gasteiger partial charge on any atom is 0.312 e. The minimum absolute atomic E-state index is 0.0230. The van der Waals surface area contributed by atoms with Crippen LogP contribution in [0.4, 0.5) is 4.79 Å². The molecule has 0 aromatic rings. The van der Waals surface area contributed by atoms with Gasteiger partial charge in [0.2, 0.25) is 17.7 Å². The van der Waals surface area contributed by atoms with Crippen molar-refractivity contribution in [3.05, 3.63) is 12.2 Å². The number of Topliss-reactive ketones (excluding diaryl/α,β-unsaturated/α-hetero) is 1. The molecular weight excluding hydrogens is 632 g/mol. The molecule has 17 heteroatoms. The Morgan fingerprint density at radius 2 is 1.33 bits per heavy atom. The lowest BCUT2D eigenvalue weighted by molar-refractivity contribution is -0.137. The molecule has 2 atom stereocenters. The van der Waals surface area contributed by atoms with Crippen LogP contribution in [0.25, 0.3) is 0 Å². The van der Waals surface area contributed by atoms with Gasteiger partial charge in [-0.2, -0.15) is 0 Å². The van der Waals surface area contributed by atoms with Gasteiger partial charge in [-0.3, -0.25) is 33.7 Å². The third kappa shape index (κ3) is 19.0. The molecule has 0 aromatic carbocycles. The summed E-state index contributed by atoms with van der Waals surface area (Å²) in [6.07, 6.45) is 3.23. The highest BCUT2D eigenvalue weighted by Crippen LogP contribution is 2.16. The van der Waals surface area contributed by atoms with Crippen molar-refractivity contribution in [3.8, 4) is 0 Å². The first-order valence-electron chi connectivity index (χ1n) is 16.1. The number of rotatable bonds is 28. The van der Waals surface area contributed by atoms with Gasteiger partial charge in [0, 0.05) is 64.0 Å². The Kier molecular flexibility index (Phi) is 22.0. The quantitative estimate of drug-likeness (QED) is 0.0484. The van der Waals surface area contributed by atoms with Gasteiger partial charge in [-0.1, -0.05) is 13.8 Å². The molecule has 7 amide bonds. The molecule has 6 N–H and O–H groups in total. The third-order valence-electron chi connectivity index (χ3n) is 7.04. The lowest BCUT2D eigenvalue weighted by Gasteiger charge is -2.23. The molecule has 1 rings (SSSR count). The van der Waals surface area contributed by atoms with Crippen LogP contribution in [-0.4, -0.2) is 132 Å². The molecule has 17 nitrogen and oxygen atoms in total. The number of carbonyl (C=O) groups excluding carboxylic acids is 7. The number of ketones is 1. The molecular formula is C31H52N6O11. The normalized spacial score (nSPS) is 13.8. The van der Waals surface area contributed by atoms with E-state index in [0.717, 1.165) is 4.90 Å². The van der Waals surface area contributed by atoms with Crippen LogP contribution >= 0.6 is 0 Å². The number of imide groups is 1. The van der Waals surface area contributed by atoms with Gasteiger partial charge >= 0.3 is 6.03 Å². The van der Waals surface area contributed by atoms with E-state index >= 15 is 0 Å². The van der Waals surface area contributed by atoms with Gasteiger partial charge in [-0.15, -0.1) is 0 Å². The maximum absolute atomic E-state index is 13.0. The second kappa shape index (κ2) is 25.1. The van der Waals surface area contributed by atoms with Crippen LogP contribution in [0.2, 0.25) is 0 Å². The van der Waals surface area contributed by atoms with Gasteiger partial charge < -0.3 is 45.9 Å². The molecule has 0 fully saturated rings. The van der Waals surface area contributed by atoms with Gasteiger partial charge in [0.05, 0.1) is 58.9 Å². The lowest BCUT2D eigenvalue weighted by Crippen LogP contribution is -2.46. The molecule has 0 saturated heterocycles. The van der Waals surface area contributed by atoms with Crippen molar-refractivity contribution in [2.45, 2.75) is 52.0 Å². The Balaban J connectivity index is 2.06. The Morgan fingerprint density at radius 1 is 0.771 bits per heavy atom. The van der Waals surface area contributed by atoms with Crippen LogP contribution < -0.4 is 27.0 Å². The first-order valence-corrected chi connectivity index (χ1v) is 16.1. The number of urea groups is 1. The average Bonchev–Trinajstić information content (AvgIpc) is 3.37. The zero-order chi connectivity index (χ0) is 35.7. The molecule has 0 saturated carbocycles. The summed E-state index contributed by atoms with van der Waals surface area (Å²) in [5.41, 5.74) is 5.05. The lowest BCUT2D eigenvalue weighted by atomic mass is 9.89. The van der Waals surface area contributed by atoms with Gasteiger partial charge in [0.15, 0.2) is 5.78 Å². The predicted molar refractivity (Wildman–Crippen MR) is 172 cm³/mol. The summed E-state index contributed by atoms with van der Waals surface area (Å²) in [6.45, 7) is 6.62. The molecule has 1 heterocycles. The van der Waals surface area contributed by atoms with Crippen molar-refractivity contribution in [1.82, 2.24) is 26.2 Å². The number of nitrogens with zero attached hydrogens (tertiary/aromatic N) is 1. The Bertz CT molecular complexity index is 1070. The first kappa shape index (κ1) is 42.1. The standard InChI is InChI=1S/C31H52N6O11/c1-22(2)29(24(38)21-23(30(43)33-3)5-4-10-35-31(32)44)36-26(40)9-13-45-15-17-47-19-20-48-18-16-46-14-11-34-25(39)8-12-37-27(41)6-7-28(37)42/h6-7,22-23,29H,4-5,8-21H2,1-3H3,(H,33,43)(H,34,39)(H,36,40)(H3,32,35,44)/t23-,29+/m1/s1. The fraction of sp³-hybridized carbons (Fsp3) is 0.710. The largest absolute Gasteiger partial charge is 0.379 e. The molecule has 0 aliphatic carbocycles. The molecule has 0 bridgehead atoms. The summed E-state index contributed by atoms with van der Waals surface area (Å²) < 4.78 is 21.7. The Hall–Kier alpha value is -3.93. The highest BCUT2D eigenvalue weighted by atomic mass is 16.6. The summed E-state index contributed by atoms with van der Waals surface area (Å²) >= 11 is 0. The van der Waals surface area contributed by atoms with E-state index in [2.05, 4.69) is 21.3 Å². The number of nitrogens with one attached hydrogen (secondary N) is 4. The number of amides is 7. The number of nitrogens with two attached hydrogens (primary N) is 1. The van der Waals surface area contributed by atoms with Gasteiger partial charge in [0.25, 0.3) is 11.8 Å². The fourth-order valence-electron chi connectivity index (χ4n) is 4.47. The minimum Gasteiger partial charge on any atom is -0.379 e. The van der Waals surface area contributed by atoms with Crippen molar-refractivity contribution in [2.24, 2.45) is 17.6 Å². The highest BCUT2D eigenvalue weighted by Gasteiger charge is 2.29. The Morgan fingerprint density at radius 3 is 1.88 bits per heavy atom. The van der Waals surface area contributed by atoms with Crippen LogP contribution in [0, 0.1) is 11.8 Å². The molecule has 0 aromatic heterocycles. The summed E-state index contributed by atoms with van der Waals surface area (Å²) in [5, 5.41) is 10.4.